The molecule has 1 aromatic heterocycles. The van der Waals surface area contributed by atoms with E-state index in [1.54, 1.807) is 6.92 Å². The highest BCUT2D eigenvalue weighted by Gasteiger charge is 2.38. The summed E-state index contributed by atoms with van der Waals surface area (Å²) in [6.45, 7) is 9.67. The summed E-state index contributed by atoms with van der Waals surface area (Å²) in [5.41, 5.74) is 4.55. The number of carbonyl (C=O) groups is 1. The van der Waals surface area contributed by atoms with Gasteiger partial charge in [0.25, 0.3) is 0 Å². The standard InChI is InChI=1S/C24H31N3O2/c1-15-6-5-7-23(25-15)26-24-16(2)17(3)27(18(4)28)22-9-8-20(14-21(22)24)19-10-12-29-13-11-19/h5-9,14,16-17,19,24H,10-13H2,1-4H3,(H,25,26). The molecule has 0 radical (unpaired) electrons. The second-order valence-corrected chi connectivity index (χ2v) is 8.48. The van der Waals surface area contributed by atoms with Crippen molar-refractivity contribution in [1.82, 2.24) is 4.98 Å². The van der Waals surface area contributed by atoms with E-state index in [9.17, 15) is 4.79 Å². The fourth-order valence-electron chi connectivity index (χ4n) is 4.79. The van der Waals surface area contributed by atoms with Gasteiger partial charge in [0.1, 0.15) is 5.82 Å². The molecule has 29 heavy (non-hydrogen) atoms. The number of carbonyl (C=O) groups excluding carboxylic acids is 1. The molecule has 3 unspecified atom stereocenters. The molecule has 1 amide bonds. The van der Waals surface area contributed by atoms with Crippen LogP contribution in [0.2, 0.25) is 0 Å². The monoisotopic (exact) mass is 393 g/mol. The van der Waals surface area contributed by atoms with Gasteiger partial charge in [0.05, 0.1) is 6.04 Å². The second kappa shape index (κ2) is 8.15. The van der Waals surface area contributed by atoms with Gasteiger partial charge in [-0.1, -0.05) is 25.1 Å². The highest BCUT2D eigenvalue weighted by Crippen LogP contribution is 2.44. The molecule has 1 aromatic carbocycles. The Morgan fingerprint density at radius 2 is 1.93 bits per heavy atom. The fraction of sp³-hybridized carbons (Fsp3) is 0.500. The number of aromatic nitrogens is 1. The third kappa shape index (κ3) is 3.88. The van der Waals surface area contributed by atoms with Crippen LogP contribution in [0.25, 0.3) is 0 Å². The maximum Gasteiger partial charge on any atom is 0.224 e. The van der Waals surface area contributed by atoms with Crippen molar-refractivity contribution in [2.75, 3.05) is 23.4 Å². The number of amides is 1. The van der Waals surface area contributed by atoms with Gasteiger partial charge in [-0.15, -0.1) is 0 Å². The molecule has 0 bridgehead atoms. The number of hydrogen-bond acceptors (Lipinski definition) is 4. The SMILES string of the molecule is CC(=O)N1c2ccc(C3CCOCC3)cc2C(Nc2cccc(C)n2)C(C)C1C. The van der Waals surface area contributed by atoms with E-state index in [-0.39, 0.29) is 23.9 Å². The summed E-state index contributed by atoms with van der Waals surface area (Å²) in [6.07, 6.45) is 2.11. The quantitative estimate of drug-likeness (QED) is 0.812. The summed E-state index contributed by atoms with van der Waals surface area (Å²) >= 11 is 0. The van der Waals surface area contributed by atoms with Gasteiger partial charge in [0.15, 0.2) is 0 Å². The van der Waals surface area contributed by atoms with E-state index >= 15 is 0 Å². The number of fused-ring (bicyclic) bond motifs is 1. The number of benzene rings is 1. The number of hydrogen-bond donors (Lipinski definition) is 1. The van der Waals surface area contributed by atoms with E-state index in [4.69, 9.17) is 4.74 Å². The maximum absolute atomic E-state index is 12.5. The zero-order valence-electron chi connectivity index (χ0n) is 17.8. The molecular formula is C24H31N3O2. The third-order valence-electron chi connectivity index (χ3n) is 6.56. The Kier molecular flexibility index (Phi) is 5.59. The molecule has 1 saturated heterocycles. The van der Waals surface area contributed by atoms with Crippen molar-refractivity contribution in [1.29, 1.82) is 0 Å². The van der Waals surface area contributed by atoms with E-state index in [1.807, 2.05) is 30.0 Å². The average molecular weight is 394 g/mol. The number of pyridine rings is 1. The Hall–Kier alpha value is -2.40. The molecule has 1 fully saturated rings. The van der Waals surface area contributed by atoms with Gasteiger partial charge in [-0.25, -0.2) is 4.98 Å². The molecule has 0 spiro atoms. The summed E-state index contributed by atoms with van der Waals surface area (Å²) in [7, 11) is 0. The summed E-state index contributed by atoms with van der Waals surface area (Å²) < 4.78 is 5.55. The number of nitrogens with zero attached hydrogens (tertiary/aromatic N) is 2. The first-order chi connectivity index (χ1) is 14.0. The Labute approximate surface area is 173 Å². The molecular weight excluding hydrogens is 362 g/mol. The lowest BCUT2D eigenvalue weighted by molar-refractivity contribution is -0.117. The normalized spacial score (nSPS) is 24.8. The van der Waals surface area contributed by atoms with E-state index in [1.165, 1.54) is 11.1 Å². The molecule has 3 heterocycles. The smallest absolute Gasteiger partial charge is 0.224 e. The molecule has 154 valence electrons. The van der Waals surface area contributed by atoms with Crippen LogP contribution in [0.3, 0.4) is 0 Å². The van der Waals surface area contributed by atoms with Crippen LogP contribution in [-0.4, -0.2) is 30.1 Å². The number of anilines is 2. The Morgan fingerprint density at radius 1 is 1.17 bits per heavy atom. The predicted molar refractivity (Wildman–Crippen MR) is 116 cm³/mol. The average Bonchev–Trinajstić information content (AvgIpc) is 2.72. The highest BCUT2D eigenvalue weighted by atomic mass is 16.5. The lowest BCUT2D eigenvalue weighted by atomic mass is 9.80. The van der Waals surface area contributed by atoms with Gasteiger partial charge in [-0.05, 0) is 61.9 Å². The van der Waals surface area contributed by atoms with Crippen molar-refractivity contribution in [2.24, 2.45) is 5.92 Å². The van der Waals surface area contributed by atoms with E-state index in [0.29, 0.717) is 5.92 Å². The Morgan fingerprint density at radius 3 is 2.62 bits per heavy atom. The molecule has 2 aliphatic heterocycles. The molecule has 5 heteroatoms. The first-order valence-corrected chi connectivity index (χ1v) is 10.7. The molecule has 5 nitrogen and oxygen atoms in total. The number of ether oxygens (including phenoxy) is 1. The topological polar surface area (TPSA) is 54.5 Å². The van der Waals surface area contributed by atoms with Crippen molar-refractivity contribution < 1.29 is 9.53 Å². The Balaban J connectivity index is 1.76. The fourth-order valence-corrected chi connectivity index (χ4v) is 4.79. The van der Waals surface area contributed by atoms with Crippen molar-refractivity contribution >= 4 is 17.4 Å². The minimum absolute atomic E-state index is 0.0940. The van der Waals surface area contributed by atoms with Crippen molar-refractivity contribution in [3.05, 3.63) is 53.2 Å². The predicted octanol–water partition coefficient (Wildman–Crippen LogP) is 4.83. The van der Waals surface area contributed by atoms with Crippen molar-refractivity contribution in [3.8, 4) is 0 Å². The van der Waals surface area contributed by atoms with Gasteiger partial charge >= 0.3 is 0 Å². The first-order valence-electron chi connectivity index (χ1n) is 10.7. The molecule has 2 aromatic rings. The summed E-state index contributed by atoms with van der Waals surface area (Å²) in [5.74, 6) is 1.75. The lowest BCUT2D eigenvalue weighted by Gasteiger charge is -2.44. The van der Waals surface area contributed by atoms with Crippen LogP contribution in [-0.2, 0) is 9.53 Å². The summed E-state index contributed by atoms with van der Waals surface area (Å²) in [6, 6.07) is 12.9. The minimum Gasteiger partial charge on any atom is -0.381 e. The number of rotatable bonds is 3. The van der Waals surface area contributed by atoms with Crippen LogP contribution in [0.15, 0.2) is 36.4 Å². The van der Waals surface area contributed by atoms with Gasteiger partial charge in [0, 0.05) is 43.5 Å². The van der Waals surface area contributed by atoms with Crippen LogP contribution in [0, 0.1) is 12.8 Å². The van der Waals surface area contributed by atoms with Crippen LogP contribution < -0.4 is 10.2 Å². The molecule has 4 rings (SSSR count). The van der Waals surface area contributed by atoms with Gasteiger partial charge in [-0.2, -0.15) is 0 Å². The van der Waals surface area contributed by atoms with Crippen LogP contribution in [0.4, 0.5) is 11.5 Å². The maximum atomic E-state index is 12.5. The van der Waals surface area contributed by atoms with Gasteiger partial charge < -0.3 is 15.0 Å². The molecule has 1 N–H and O–H groups in total. The zero-order chi connectivity index (χ0) is 20.5. The van der Waals surface area contributed by atoms with Crippen LogP contribution in [0.5, 0.6) is 0 Å². The Bertz CT molecular complexity index is 891. The van der Waals surface area contributed by atoms with E-state index < -0.39 is 0 Å². The molecule has 2 aliphatic rings. The molecule has 0 aliphatic carbocycles. The highest BCUT2D eigenvalue weighted by molar-refractivity contribution is 5.94. The van der Waals surface area contributed by atoms with Gasteiger partial charge in [0.2, 0.25) is 5.91 Å². The number of aryl methyl sites for hydroxylation is 1. The van der Waals surface area contributed by atoms with Crippen molar-refractivity contribution in [2.45, 2.75) is 58.5 Å². The van der Waals surface area contributed by atoms with Crippen LogP contribution in [0.1, 0.15) is 62.4 Å². The van der Waals surface area contributed by atoms with Crippen molar-refractivity contribution in [3.63, 3.8) is 0 Å². The second-order valence-electron chi connectivity index (χ2n) is 8.48. The number of nitrogens with one attached hydrogen (secondary N) is 1. The molecule has 0 saturated carbocycles. The lowest BCUT2D eigenvalue weighted by Crippen LogP contribution is -2.48. The van der Waals surface area contributed by atoms with E-state index in [2.05, 4.69) is 42.3 Å². The first kappa shape index (κ1) is 19.9. The van der Waals surface area contributed by atoms with E-state index in [0.717, 1.165) is 43.3 Å². The zero-order valence-corrected chi connectivity index (χ0v) is 17.8. The minimum atomic E-state index is 0.0940. The largest absolute Gasteiger partial charge is 0.381 e. The third-order valence-corrected chi connectivity index (χ3v) is 6.56. The van der Waals surface area contributed by atoms with Crippen LogP contribution >= 0.6 is 0 Å². The van der Waals surface area contributed by atoms with Gasteiger partial charge in [-0.3, -0.25) is 4.79 Å². The molecule has 3 atom stereocenters. The summed E-state index contributed by atoms with van der Waals surface area (Å²) in [4.78, 5) is 19.1. The summed E-state index contributed by atoms with van der Waals surface area (Å²) in [5, 5.41) is 3.67.